The molecule has 1 aromatic carbocycles. The monoisotopic (exact) mass is 228 g/mol. The highest BCUT2D eigenvalue weighted by molar-refractivity contribution is 5.47. The second kappa shape index (κ2) is 5.72. The maximum atomic E-state index is 8.72. The maximum absolute atomic E-state index is 8.72. The quantitative estimate of drug-likeness (QED) is 0.854. The van der Waals surface area contributed by atoms with Gasteiger partial charge in [0.1, 0.15) is 0 Å². The van der Waals surface area contributed by atoms with Crippen LogP contribution in [0.1, 0.15) is 38.2 Å². The molecule has 90 valence electrons. The molecule has 0 amide bonds. The van der Waals surface area contributed by atoms with Gasteiger partial charge in [-0.2, -0.15) is 5.26 Å². The average Bonchev–Trinajstić information content (AvgIpc) is 2.37. The number of benzene rings is 1. The zero-order valence-corrected chi connectivity index (χ0v) is 10.4. The molecule has 0 aromatic heterocycles. The SMILES string of the molecule is CC1CCCC(CNc2ccc(C#N)cc2)C1. The summed E-state index contributed by atoms with van der Waals surface area (Å²) in [7, 11) is 0. The van der Waals surface area contributed by atoms with Gasteiger partial charge in [-0.3, -0.25) is 0 Å². The minimum atomic E-state index is 0.724. The molecule has 1 aliphatic rings. The van der Waals surface area contributed by atoms with E-state index in [4.69, 9.17) is 5.26 Å². The van der Waals surface area contributed by atoms with E-state index in [-0.39, 0.29) is 0 Å². The molecule has 0 heterocycles. The summed E-state index contributed by atoms with van der Waals surface area (Å²) in [5.74, 6) is 1.70. The van der Waals surface area contributed by atoms with E-state index in [1.54, 1.807) is 0 Å². The van der Waals surface area contributed by atoms with Crippen molar-refractivity contribution in [2.24, 2.45) is 11.8 Å². The summed E-state index contributed by atoms with van der Waals surface area (Å²) in [4.78, 5) is 0. The summed E-state index contributed by atoms with van der Waals surface area (Å²) in [5, 5.41) is 12.2. The van der Waals surface area contributed by atoms with Crippen LogP contribution in [0.5, 0.6) is 0 Å². The lowest BCUT2D eigenvalue weighted by Crippen LogP contribution is -2.20. The number of hydrogen-bond acceptors (Lipinski definition) is 2. The van der Waals surface area contributed by atoms with Crippen molar-refractivity contribution in [3.8, 4) is 6.07 Å². The van der Waals surface area contributed by atoms with Gasteiger partial charge in [-0.05, 0) is 48.9 Å². The van der Waals surface area contributed by atoms with E-state index in [1.807, 2.05) is 24.3 Å². The molecule has 0 radical (unpaired) electrons. The number of nitrogens with zero attached hydrogens (tertiary/aromatic N) is 1. The molecule has 2 atom stereocenters. The summed E-state index contributed by atoms with van der Waals surface area (Å²) in [5.41, 5.74) is 1.85. The van der Waals surface area contributed by atoms with Crippen LogP contribution in [0.25, 0.3) is 0 Å². The van der Waals surface area contributed by atoms with Gasteiger partial charge < -0.3 is 5.32 Å². The van der Waals surface area contributed by atoms with Crippen LogP contribution in [0, 0.1) is 23.2 Å². The Bertz CT molecular complexity index is 388. The predicted molar refractivity (Wildman–Crippen MR) is 70.8 cm³/mol. The Labute approximate surface area is 104 Å². The highest BCUT2D eigenvalue weighted by Crippen LogP contribution is 2.28. The fraction of sp³-hybridized carbons (Fsp3) is 0.533. The van der Waals surface area contributed by atoms with E-state index in [9.17, 15) is 0 Å². The van der Waals surface area contributed by atoms with Crippen molar-refractivity contribution >= 4 is 5.69 Å². The van der Waals surface area contributed by atoms with E-state index in [2.05, 4.69) is 18.3 Å². The van der Waals surface area contributed by atoms with Crippen molar-refractivity contribution in [2.45, 2.75) is 32.6 Å². The molecule has 2 unspecified atom stereocenters. The first-order valence-electron chi connectivity index (χ1n) is 6.52. The summed E-state index contributed by atoms with van der Waals surface area (Å²) >= 11 is 0. The first-order chi connectivity index (χ1) is 8.28. The van der Waals surface area contributed by atoms with E-state index in [0.29, 0.717) is 0 Å². The van der Waals surface area contributed by atoms with E-state index in [0.717, 1.165) is 29.6 Å². The molecule has 17 heavy (non-hydrogen) atoms. The molecule has 1 fully saturated rings. The Morgan fingerprint density at radius 2 is 2.06 bits per heavy atom. The standard InChI is InChI=1S/C15H20N2/c1-12-3-2-4-14(9-12)11-17-15-7-5-13(10-16)6-8-15/h5-8,12,14,17H,2-4,9,11H2,1H3. The molecule has 2 nitrogen and oxygen atoms in total. The van der Waals surface area contributed by atoms with Gasteiger partial charge in [-0.15, -0.1) is 0 Å². The first-order valence-corrected chi connectivity index (χ1v) is 6.52. The highest BCUT2D eigenvalue weighted by atomic mass is 14.9. The molecule has 2 rings (SSSR count). The van der Waals surface area contributed by atoms with Gasteiger partial charge in [0.2, 0.25) is 0 Å². The number of nitriles is 1. The summed E-state index contributed by atoms with van der Waals surface area (Å²) in [6.45, 7) is 3.42. The molecule has 1 N–H and O–H groups in total. The Morgan fingerprint density at radius 3 is 2.71 bits per heavy atom. The van der Waals surface area contributed by atoms with Gasteiger partial charge in [-0.1, -0.05) is 19.8 Å². The number of anilines is 1. The van der Waals surface area contributed by atoms with Gasteiger partial charge in [0, 0.05) is 12.2 Å². The maximum Gasteiger partial charge on any atom is 0.0991 e. The number of hydrogen-bond donors (Lipinski definition) is 1. The molecule has 0 saturated heterocycles. The molecule has 1 aliphatic carbocycles. The Balaban J connectivity index is 1.83. The zero-order chi connectivity index (χ0) is 12.1. The Morgan fingerprint density at radius 1 is 1.29 bits per heavy atom. The molecule has 1 saturated carbocycles. The molecule has 0 spiro atoms. The smallest absolute Gasteiger partial charge is 0.0991 e. The van der Waals surface area contributed by atoms with E-state index >= 15 is 0 Å². The summed E-state index contributed by atoms with van der Waals surface area (Å²) < 4.78 is 0. The second-order valence-corrected chi connectivity index (χ2v) is 5.21. The highest BCUT2D eigenvalue weighted by Gasteiger charge is 2.18. The normalized spacial score (nSPS) is 24.0. The third-order valence-corrected chi connectivity index (χ3v) is 3.65. The van der Waals surface area contributed by atoms with Crippen LogP contribution < -0.4 is 5.32 Å². The van der Waals surface area contributed by atoms with Crippen molar-refractivity contribution in [2.75, 3.05) is 11.9 Å². The summed E-state index contributed by atoms with van der Waals surface area (Å²) in [6, 6.07) is 9.85. The van der Waals surface area contributed by atoms with Crippen molar-refractivity contribution in [1.29, 1.82) is 5.26 Å². The third-order valence-electron chi connectivity index (χ3n) is 3.65. The minimum absolute atomic E-state index is 0.724. The van der Waals surface area contributed by atoms with E-state index < -0.39 is 0 Å². The number of rotatable bonds is 3. The topological polar surface area (TPSA) is 35.8 Å². The van der Waals surface area contributed by atoms with Crippen LogP contribution in [0.2, 0.25) is 0 Å². The molecule has 1 aromatic rings. The fourth-order valence-electron chi connectivity index (χ4n) is 2.67. The van der Waals surface area contributed by atoms with Crippen molar-refractivity contribution in [3.63, 3.8) is 0 Å². The van der Waals surface area contributed by atoms with Gasteiger partial charge in [0.25, 0.3) is 0 Å². The lowest BCUT2D eigenvalue weighted by Gasteiger charge is -2.27. The molecule has 0 aliphatic heterocycles. The van der Waals surface area contributed by atoms with Crippen LogP contribution in [-0.2, 0) is 0 Å². The molecular weight excluding hydrogens is 208 g/mol. The van der Waals surface area contributed by atoms with Crippen LogP contribution in [-0.4, -0.2) is 6.54 Å². The Kier molecular flexibility index (Phi) is 4.03. The fourth-order valence-corrected chi connectivity index (χ4v) is 2.67. The molecular formula is C15H20N2. The van der Waals surface area contributed by atoms with Crippen molar-refractivity contribution in [3.05, 3.63) is 29.8 Å². The molecule has 2 heteroatoms. The lowest BCUT2D eigenvalue weighted by molar-refractivity contribution is 0.293. The van der Waals surface area contributed by atoms with Crippen molar-refractivity contribution in [1.82, 2.24) is 0 Å². The second-order valence-electron chi connectivity index (χ2n) is 5.21. The third kappa shape index (κ3) is 3.49. The Hall–Kier alpha value is -1.49. The van der Waals surface area contributed by atoms with Gasteiger partial charge in [0.05, 0.1) is 11.6 Å². The zero-order valence-electron chi connectivity index (χ0n) is 10.4. The van der Waals surface area contributed by atoms with Crippen LogP contribution in [0.3, 0.4) is 0 Å². The van der Waals surface area contributed by atoms with Gasteiger partial charge in [0.15, 0.2) is 0 Å². The van der Waals surface area contributed by atoms with Crippen LogP contribution in [0.4, 0.5) is 5.69 Å². The predicted octanol–water partition coefficient (Wildman–Crippen LogP) is 3.80. The van der Waals surface area contributed by atoms with Crippen molar-refractivity contribution < 1.29 is 0 Å². The lowest BCUT2D eigenvalue weighted by atomic mass is 9.82. The molecule has 0 bridgehead atoms. The van der Waals surface area contributed by atoms with Gasteiger partial charge >= 0.3 is 0 Å². The number of nitrogens with one attached hydrogen (secondary N) is 1. The summed E-state index contributed by atoms with van der Waals surface area (Å²) in [6.07, 6.45) is 5.48. The van der Waals surface area contributed by atoms with Gasteiger partial charge in [-0.25, -0.2) is 0 Å². The average molecular weight is 228 g/mol. The minimum Gasteiger partial charge on any atom is -0.385 e. The van der Waals surface area contributed by atoms with Crippen LogP contribution >= 0.6 is 0 Å². The first kappa shape index (κ1) is 12.0. The largest absolute Gasteiger partial charge is 0.385 e. The van der Waals surface area contributed by atoms with Crippen LogP contribution in [0.15, 0.2) is 24.3 Å². The van der Waals surface area contributed by atoms with E-state index in [1.165, 1.54) is 25.7 Å².